The molecule has 3 rings (SSSR count). The van der Waals surface area contributed by atoms with Crippen molar-refractivity contribution in [3.8, 4) is 0 Å². The fourth-order valence-corrected chi connectivity index (χ4v) is 13.3. The Hall–Kier alpha value is -3.08. The Morgan fingerprint density at radius 2 is 0.770 bits per heavy atom. The van der Waals surface area contributed by atoms with Crippen LogP contribution in [0.4, 0.5) is 0 Å². The van der Waals surface area contributed by atoms with Gasteiger partial charge in [0.2, 0.25) is 0 Å². The van der Waals surface area contributed by atoms with Gasteiger partial charge >= 0.3 is 25.7 Å². The molecule has 0 aromatic heterocycles. The van der Waals surface area contributed by atoms with Gasteiger partial charge in [-0.1, -0.05) is 230 Å². The predicted octanol–water partition coefficient (Wildman–Crippen LogP) is 10.8. The van der Waals surface area contributed by atoms with E-state index in [-0.39, 0.29) is 12.8 Å². The largest absolute Gasteiger partial charge is 0.472 e. The summed E-state index contributed by atoms with van der Waals surface area (Å²) >= 11 is 0. The average molecular weight is 1450 g/mol. The van der Waals surface area contributed by atoms with E-state index in [9.17, 15) is 74.9 Å². The molecule has 25 heteroatoms. The molecule has 582 valence electrons. The Morgan fingerprint density at radius 3 is 1.20 bits per heavy atom. The highest BCUT2D eigenvalue weighted by atomic mass is 31.2. The first-order chi connectivity index (χ1) is 48.3. The highest BCUT2D eigenvalue weighted by molar-refractivity contribution is 7.47. The second kappa shape index (κ2) is 56.3. The quantitative estimate of drug-likeness (QED) is 0.00512. The molecule has 3 aliphatic rings. The van der Waals surface area contributed by atoms with Crippen LogP contribution >= 0.6 is 7.82 Å². The lowest BCUT2D eigenvalue weighted by molar-refractivity contribution is -0.360. The molecule has 18 unspecified atom stereocenters. The molecule has 0 spiro atoms. The first-order valence-electron chi connectivity index (χ1n) is 38.5. The fraction of sp³-hybridized carbons (Fsp3) is 0.853. The number of aliphatic hydroxyl groups is 10. The van der Waals surface area contributed by atoms with Gasteiger partial charge in [-0.05, 0) is 77.0 Å². The summed E-state index contributed by atoms with van der Waals surface area (Å²) < 4.78 is 64.8. The van der Waals surface area contributed by atoms with Gasteiger partial charge in [-0.2, -0.15) is 0 Å². The Bertz CT molecular complexity index is 2250. The fourth-order valence-electron chi connectivity index (χ4n) is 12.4. The van der Waals surface area contributed by atoms with E-state index in [1.165, 1.54) is 109 Å². The van der Waals surface area contributed by atoms with E-state index in [2.05, 4.69) is 45.1 Å². The molecule has 100 heavy (non-hydrogen) atoms. The van der Waals surface area contributed by atoms with Crippen LogP contribution in [0.2, 0.25) is 0 Å². The van der Waals surface area contributed by atoms with Gasteiger partial charge in [0.05, 0.1) is 13.2 Å². The van der Waals surface area contributed by atoms with Crippen molar-refractivity contribution in [2.75, 3.05) is 26.4 Å². The van der Waals surface area contributed by atoms with Crippen molar-refractivity contribution in [3.05, 3.63) is 48.6 Å². The maximum absolute atomic E-state index is 14.3. The minimum Gasteiger partial charge on any atom is -0.463 e. The summed E-state index contributed by atoms with van der Waals surface area (Å²) in [4.78, 5) is 50.9. The number of phosphoric acid groups is 1. The maximum Gasteiger partial charge on any atom is 0.472 e. The topological polar surface area (TPSA) is 374 Å². The van der Waals surface area contributed by atoms with Gasteiger partial charge in [-0.15, -0.1) is 0 Å². The van der Waals surface area contributed by atoms with E-state index >= 15 is 0 Å². The lowest BCUT2D eigenvalue weighted by Crippen LogP contribution is -2.69. The van der Waals surface area contributed by atoms with Crippen molar-refractivity contribution in [2.24, 2.45) is 0 Å². The van der Waals surface area contributed by atoms with Gasteiger partial charge in [-0.25, -0.2) is 9.36 Å². The maximum atomic E-state index is 14.3. The van der Waals surface area contributed by atoms with Crippen molar-refractivity contribution in [1.82, 2.24) is 0 Å². The zero-order valence-corrected chi connectivity index (χ0v) is 61.6. The number of carbonyl (C=O) groups excluding carboxylic acids is 3. The van der Waals surface area contributed by atoms with Gasteiger partial charge in [0.1, 0.15) is 98.7 Å². The number of unbranched alkanes of at least 4 members (excludes halogenated alkanes) is 33. The monoisotopic (exact) mass is 1450 g/mol. The standard InChI is InChI=1S/C75H133O24P/c1-4-7-10-13-16-19-22-25-28-31-34-37-40-43-46-49-59(77)91-53-56(94-61(79)51-48-45-42-39-36-33-30-27-24-21-18-15-12-9-6-3)54-93-100(89,90)99-73-71(97-74-69(87)64(82)62(80)57(52-76)95-74)67(85)66(84)68(86)72(73)98-75-70(88)65(83)63(81)58(96-75)55-92-60(78)50-47-44-41-38-35-32-29-26-23-20-17-14-11-8-5-2/h19-20,22-23,42,45,48,51,56-58,62-76,80-88H,4-18,21,24-41,43-44,46-47,49-50,52-55H2,1-3H3,(H,89,90)/b22-19-,23-20-,45-42+,51-48+. The molecule has 0 aromatic rings. The lowest BCUT2D eigenvalue weighted by atomic mass is 9.84. The second-order valence-electron chi connectivity index (χ2n) is 27.4. The highest BCUT2D eigenvalue weighted by Crippen LogP contribution is 2.49. The van der Waals surface area contributed by atoms with E-state index in [1.807, 2.05) is 6.08 Å². The molecule has 2 aliphatic heterocycles. The van der Waals surface area contributed by atoms with Crippen LogP contribution in [0, 0.1) is 0 Å². The van der Waals surface area contributed by atoms with Gasteiger partial charge in [0, 0.05) is 18.9 Å². The zero-order chi connectivity index (χ0) is 73.2. The summed E-state index contributed by atoms with van der Waals surface area (Å²) in [6.45, 7) is 3.31. The number of aliphatic hydroxyl groups excluding tert-OH is 10. The minimum absolute atomic E-state index is 0.0183. The number of hydrogen-bond donors (Lipinski definition) is 11. The average Bonchev–Trinajstić information content (AvgIpc) is 0.762. The van der Waals surface area contributed by atoms with Crippen LogP contribution in [-0.4, -0.2) is 204 Å². The van der Waals surface area contributed by atoms with Crippen LogP contribution in [0.25, 0.3) is 0 Å². The third kappa shape index (κ3) is 38.8. The van der Waals surface area contributed by atoms with E-state index in [0.717, 1.165) is 134 Å². The number of esters is 3. The van der Waals surface area contributed by atoms with Gasteiger partial charge in [0.25, 0.3) is 0 Å². The van der Waals surface area contributed by atoms with E-state index in [4.69, 9.17) is 42.2 Å². The summed E-state index contributed by atoms with van der Waals surface area (Å²) in [5.41, 5.74) is 0. The molecule has 0 aromatic carbocycles. The van der Waals surface area contributed by atoms with E-state index in [0.29, 0.717) is 12.8 Å². The van der Waals surface area contributed by atoms with Crippen LogP contribution < -0.4 is 0 Å². The normalized spacial score (nSPS) is 27.6. The van der Waals surface area contributed by atoms with E-state index < -0.39 is 156 Å². The van der Waals surface area contributed by atoms with Crippen molar-refractivity contribution in [3.63, 3.8) is 0 Å². The molecule has 18 atom stereocenters. The summed E-state index contributed by atoms with van der Waals surface area (Å²) in [6.07, 6.45) is 20.9. The van der Waals surface area contributed by atoms with Crippen molar-refractivity contribution < 1.29 is 117 Å². The van der Waals surface area contributed by atoms with Crippen LogP contribution in [0.3, 0.4) is 0 Å². The van der Waals surface area contributed by atoms with Gasteiger partial charge in [0.15, 0.2) is 18.7 Å². The molecular weight excluding hydrogens is 1320 g/mol. The molecule has 11 N–H and O–H groups in total. The molecule has 0 amide bonds. The number of carbonyl (C=O) groups is 3. The summed E-state index contributed by atoms with van der Waals surface area (Å²) in [5, 5.41) is 110. The second-order valence-corrected chi connectivity index (χ2v) is 28.8. The van der Waals surface area contributed by atoms with Crippen LogP contribution in [0.5, 0.6) is 0 Å². The molecular formula is C75H133O24P. The van der Waals surface area contributed by atoms with Crippen molar-refractivity contribution >= 4 is 25.7 Å². The lowest BCUT2D eigenvalue weighted by Gasteiger charge is -2.49. The molecule has 1 saturated carbocycles. The zero-order valence-electron chi connectivity index (χ0n) is 60.7. The Labute approximate surface area is 597 Å². The van der Waals surface area contributed by atoms with Crippen molar-refractivity contribution in [1.29, 1.82) is 0 Å². The van der Waals surface area contributed by atoms with Gasteiger partial charge in [-0.3, -0.25) is 18.6 Å². The minimum atomic E-state index is -5.73. The SMILES string of the molecule is CCCCCC/C=C\CCCCCCCCCC(=O)OCC(COP(=O)(O)OC1C(OC2OC(CO)C(O)C(O)C2O)C(O)C(O)C(O)C1OC1OC(COC(=O)CCCCCCCCC/C=C\CCCCCC)C(O)C(O)C1O)OC(=O)/C=C/C=C/CCCCCCCCCCCCC. The smallest absolute Gasteiger partial charge is 0.463 e. The Kier molecular flexibility index (Phi) is 51.3. The van der Waals surface area contributed by atoms with Crippen LogP contribution in [-0.2, 0) is 61.2 Å². The Morgan fingerprint density at radius 1 is 0.410 bits per heavy atom. The summed E-state index contributed by atoms with van der Waals surface area (Å²) in [5.74, 6) is -2.26. The molecule has 2 heterocycles. The predicted molar refractivity (Wildman–Crippen MR) is 379 cm³/mol. The number of hydrogen-bond acceptors (Lipinski definition) is 23. The number of ether oxygens (including phenoxy) is 7. The molecule has 3 fully saturated rings. The van der Waals surface area contributed by atoms with Crippen LogP contribution in [0.15, 0.2) is 48.6 Å². The third-order valence-corrected chi connectivity index (χ3v) is 19.6. The van der Waals surface area contributed by atoms with Crippen LogP contribution in [0.1, 0.15) is 278 Å². The number of phosphoric ester groups is 1. The first-order valence-corrected chi connectivity index (χ1v) is 40.0. The molecule has 24 nitrogen and oxygen atoms in total. The van der Waals surface area contributed by atoms with Crippen molar-refractivity contribution in [2.45, 2.75) is 382 Å². The first kappa shape index (κ1) is 91.1. The summed E-state index contributed by atoms with van der Waals surface area (Å²) in [6, 6.07) is 0. The Balaban J connectivity index is 1.75. The molecule has 0 radical (unpaired) electrons. The number of rotatable bonds is 59. The van der Waals surface area contributed by atoms with E-state index in [1.54, 1.807) is 6.08 Å². The highest BCUT2D eigenvalue weighted by Gasteiger charge is 2.58. The number of allylic oxidation sites excluding steroid dienone is 7. The molecule has 1 aliphatic carbocycles. The van der Waals surface area contributed by atoms with Gasteiger partial charge < -0.3 is 89.1 Å². The summed E-state index contributed by atoms with van der Waals surface area (Å²) in [7, 11) is -5.73. The molecule has 0 bridgehead atoms. The third-order valence-electron chi connectivity index (χ3n) is 18.7. The molecule has 2 saturated heterocycles.